The molecule has 0 bridgehead atoms. The van der Waals surface area contributed by atoms with Gasteiger partial charge in [0.05, 0.1) is 12.6 Å². The van der Waals surface area contributed by atoms with Crippen molar-refractivity contribution in [2.45, 2.75) is 37.8 Å². The summed E-state index contributed by atoms with van der Waals surface area (Å²) in [7, 11) is 1.73. The maximum atomic E-state index is 13.2. The molecule has 0 saturated carbocycles. The first kappa shape index (κ1) is 19.7. The van der Waals surface area contributed by atoms with Crippen molar-refractivity contribution in [3.05, 3.63) is 68.5 Å². The summed E-state index contributed by atoms with van der Waals surface area (Å²) in [6.07, 6.45) is 4.58. The van der Waals surface area contributed by atoms with Crippen molar-refractivity contribution in [3.8, 4) is 5.75 Å². The Morgan fingerprint density at radius 1 is 1.25 bits per heavy atom. The molecular weight excluding hydrogens is 424 g/mol. The van der Waals surface area contributed by atoms with E-state index in [0.717, 1.165) is 41.8 Å². The van der Waals surface area contributed by atoms with Crippen LogP contribution in [0.2, 0.25) is 0 Å². The zero-order valence-electron chi connectivity index (χ0n) is 17.8. The Morgan fingerprint density at radius 2 is 2.16 bits per heavy atom. The number of ether oxygens (including phenoxy) is 1. The number of pyridine rings is 1. The first-order chi connectivity index (χ1) is 15.7. The molecular formula is C24H24N4O3S. The van der Waals surface area contributed by atoms with Gasteiger partial charge >= 0.3 is 5.69 Å². The van der Waals surface area contributed by atoms with Crippen molar-refractivity contribution in [1.29, 1.82) is 0 Å². The minimum Gasteiger partial charge on any atom is -0.496 e. The zero-order valence-corrected chi connectivity index (χ0v) is 18.6. The van der Waals surface area contributed by atoms with Crippen LogP contribution in [-0.2, 0) is 13.0 Å². The third-order valence-corrected chi connectivity index (χ3v) is 8.25. The number of nitrogens with zero attached hydrogens (tertiary/aromatic N) is 2. The fourth-order valence-corrected chi connectivity index (χ4v) is 6.72. The molecule has 1 aliphatic heterocycles. The molecule has 2 N–H and O–H groups in total. The summed E-state index contributed by atoms with van der Waals surface area (Å²) < 4.78 is 7.52. The maximum absolute atomic E-state index is 13.2. The van der Waals surface area contributed by atoms with Gasteiger partial charge in [-0.2, -0.15) is 0 Å². The van der Waals surface area contributed by atoms with Gasteiger partial charge in [-0.25, -0.2) is 9.78 Å². The number of methoxy groups -OCH3 is 1. The summed E-state index contributed by atoms with van der Waals surface area (Å²) in [5, 5.41) is 4.49. The average Bonchev–Trinajstić information content (AvgIpc) is 3.40. The van der Waals surface area contributed by atoms with Crippen LogP contribution >= 0.6 is 11.3 Å². The lowest BCUT2D eigenvalue weighted by Gasteiger charge is -2.32. The predicted molar refractivity (Wildman–Crippen MR) is 126 cm³/mol. The highest BCUT2D eigenvalue weighted by Gasteiger charge is 2.40. The number of hydrogen-bond donors (Lipinski definition) is 2. The number of nitrogens with one attached hydrogen (secondary N) is 2. The van der Waals surface area contributed by atoms with Gasteiger partial charge in [-0.1, -0.05) is 12.1 Å². The lowest BCUT2D eigenvalue weighted by Crippen LogP contribution is -2.37. The predicted octanol–water partition coefficient (Wildman–Crippen LogP) is 3.02. The number of aromatic nitrogens is 3. The molecule has 1 aliphatic carbocycles. The van der Waals surface area contributed by atoms with Gasteiger partial charge in [-0.15, -0.1) is 11.3 Å². The van der Waals surface area contributed by atoms with E-state index in [-0.39, 0.29) is 17.3 Å². The third kappa shape index (κ3) is 2.93. The van der Waals surface area contributed by atoms with Crippen LogP contribution in [0, 0.1) is 5.92 Å². The van der Waals surface area contributed by atoms with Crippen LogP contribution in [0.4, 0.5) is 0 Å². The van der Waals surface area contributed by atoms with Crippen LogP contribution in [0.15, 0.2) is 46.1 Å². The van der Waals surface area contributed by atoms with E-state index in [4.69, 9.17) is 4.74 Å². The Balaban J connectivity index is 1.33. The van der Waals surface area contributed by atoms with Gasteiger partial charge in [0.25, 0.3) is 5.56 Å². The number of H-pyrrole nitrogens is 1. The maximum Gasteiger partial charge on any atom is 0.328 e. The Labute approximate surface area is 188 Å². The van der Waals surface area contributed by atoms with Crippen molar-refractivity contribution in [3.63, 3.8) is 0 Å². The number of benzene rings is 1. The molecule has 164 valence electrons. The van der Waals surface area contributed by atoms with Gasteiger partial charge in [-0.3, -0.25) is 9.36 Å². The van der Waals surface area contributed by atoms with Gasteiger partial charge in [0.15, 0.2) is 0 Å². The molecule has 8 heteroatoms. The first-order valence-corrected chi connectivity index (χ1v) is 11.9. The number of rotatable bonds is 4. The second kappa shape index (κ2) is 7.56. The Hall–Kier alpha value is -2.97. The molecule has 1 unspecified atom stereocenters. The summed E-state index contributed by atoms with van der Waals surface area (Å²) in [6.45, 7) is 1.35. The molecule has 7 nitrogen and oxygen atoms in total. The van der Waals surface area contributed by atoms with E-state index >= 15 is 0 Å². The highest BCUT2D eigenvalue weighted by Crippen LogP contribution is 2.45. The molecule has 1 aromatic carbocycles. The Morgan fingerprint density at radius 3 is 3.03 bits per heavy atom. The summed E-state index contributed by atoms with van der Waals surface area (Å²) in [5.41, 5.74) is 2.66. The van der Waals surface area contributed by atoms with Gasteiger partial charge in [0, 0.05) is 30.1 Å². The van der Waals surface area contributed by atoms with Crippen molar-refractivity contribution in [2.75, 3.05) is 13.7 Å². The van der Waals surface area contributed by atoms with E-state index < -0.39 is 0 Å². The van der Waals surface area contributed by atoms with Crippen LogP contribution in [0.3, 0.4) is 0 Å². The first-order valence-electron chi connectivity index (χ1n) is 11.0. The fourth-order valence-electron chi connectivity index (χ4n) is 5.67. The minimum absolute atomic E-state index is 0.220. The molecule has 0 spiro atoms. The second-order valence-electron chi connectivity index (χ2n) is 8.71. The normalized spacial score (nSPS) is 22.2. The lowest BCUT2D eigenvalue weighted by molar-refractivity contribution is 0.371. The number of fused-ring (bicyclic) bond motifs is 6. The van der Waals surface area contributed by atoms with E-state index in [1.165, 1.54) is 27.0 Å². The third-order valence-electron chi connectivity index (χ3n) is 7.14. The highest BCUT2D eigenvalue weighted by molar-refractivity contribution is 7.25. The van der Waals surface area contributed by atoms with Crippen LogP contribution in [-0.4, -0.2) is 34.2 Å². The largest absolute Gasteiger partial charge is 0.496 e. The molecule has 4 aromatic rings. The molecule has 0 amide bonds. The van der Waals surface area contributed by atoms with E-state index in [9.17, 15) is 9.59 Å². The number of hydrogen-bond acceptors (Lipinski definition) is 6. The second-order valence-corrected chi connectivity index (χ2v) is 9.70. The van der Waals surface area contributed by atoms with Crippen LogP contribution < -0.4 is 21.3 Å². The minimum atomic E-state index is -0.355. The van der Waals surface area contributed by atoms with Crippen LogP contribution in [0.5, 0.6) is 5.75 Å². The number of aromatic amines is 1. The molecule has 0 radical (unpaired) electrons. The molecule has 6 rings (SSSR count). The topological polar surface area (TPSA) is 89.0 Å². The van der Waals surface area contributed by atoms with Gasteiger partial charge in [-0.05, 0) is 61.1 Å². The SMILES string of the molecule is COc1cccc2c1CC[C@@H]1CNC(CCn3c(=O)[nH]c4c(sc5ncccc54)c3=O)[C@@H]21. The quantitative estimate of drug-likeness (QED) is 0.501. The smallest absolute Gasteiger partial charge is 0.328 e. The highest BCUT2D eigenvalue weighted by atomic mass is 32.1. The van der Waals surface area contributed by atoms with Crippen molar-refractivity contribution in [2.24, 2.45) is 5.92 Å². The standard InChI is InChI=1S/C24H24N4O3S/c1-31-18-6-2-4-15-14(18)8-7-13-12-26-17(19(13)15)9-11-28-23(29)21-20(27-24(28)30)16-5-3-10-25-22(16)32-21/h2-6,10,13,17,19,26H,7-9,11-12H2,1H3,(H,27,30)/t13-,17?,19-/m1/s1. The van der Waals surface area contributed by atoms with E-state index in [0.29, 0.717) is 28.6 Å². The van der Waals surface area contributed by atoms with E-state index in [1.807, 2.05) is 18.2 Å². The monoisotopic (exact) mass is 448 g/mol. The van der Waals surface area contributed by atoms with Gasteiger partial charge in [0.2, 0.25) is 0 Å². The average molecular weight is 449 g/mol. The van der Waals surface area contributed by atoms with Crippen LogP contribution in [0.25, 0.3) is 20.4 Å². The molecule has 3 aromatic heterocycles. The summed E-state index contributed by atoms with van der Waals surface area (Å²) >= 11 is 1.34. The molecule has 32 heavy (non-hydrogen) atoms. The summed E-state index contributed by atoms with van der Waals surface area (Å²) in [4.78, 5) is 34.0. The van der Waals surface area contributed by atoms with Gasteiger partial charge in [0.1, 0.15) is 15.3 Å². The molecule has 1 saturated heterocycles. The number of thiophene rings is 1. The Kier molecular flexibility index (Phi) is 4.66. The van der Waals surface area contributed by atoms with Gasteiger partial charge < -0.3 is 15.0 Å². The fraction of sp³-hybridized carbons (Fsp3) is 0.375. The lowest BCUT2D eigenvalue weighted by atomic mass is 9.73. The summed E-state index contributed by atoms with van der Waals surface area (Å²) in [6, 6.07) is 10.2. The zero-order chi connectivity index (χ0) is 21.8. The summed E-state index contributed by atoms with van der Waals surface area (Å²) in [5.74, 6) is 1.91. The van der Waals surface area contributed by atoms with Crippen molar-refractivity contribution >= 4 is 31.8 Å². The molecule has 1 fully saturated rings. The van der Waals surface area contributed by atoms with Crippen LogP contribution in [0.1, 0.15) is 29.9 Å². The van der Waals surface area contributed by atoms with Crippen molar-refractivity contribution < 1.29 is 4.74 Å². The molecule has 2 aliphatic rings. The Bertz CT molecular complexity index is 1450. The molecule has 3 atom stereocenters. The van der Waals surface area contributed by atoms with E-state index in [2.05, 4.69) is 27.4 Å². The molecule has 4 heterocycles. The van der Waals surface area contributed by atoms with Crippen molar-refractivity contribution in [1.82, 2.24) is 19.9 Å². The van der Waals surface area contributed by atoms with E-state index in [1.54, 1.807) is 13.3 Å².